The van der Waals surface area contributed by atoms with Crippen molar-refractivity contribution in [2.75, 3.05) is 26.2 Å². The Hall–Kier alpha value is -0.590. The topological polar surface area (TPSA) is 39.1 Å². The number of nitriles is 1. The first-order chi connectivity index (χ1) is 8.81. The number of hydrogen-bond acceptors (Lipinski definition) is 3. The highest BCUT2D eigenvalue weighted by Gasteiger charge is 2.22. The maximum atomic E-state index is 9.21. The lowest BCUT2D eigenvalue weighted by Gasteiger charge is -2.22. The lowest BCUT2D eigenvalue weighted by atomic mass is 9.96. The zero-order valence-electron chi connectivity index (χ0n) is 12.1. The van der Waals surface area contributed by atoms with Crippen LogP contribution in [0.25, 0.3) is 0 Å². The summed E-state index contributed by atoms with van der Waals surface area (Å²) in [6.45, 7) is 8.94. The van der Waals surface area contributed by atoms with E-state index in [9.17, 15) is 5.26 Å². The van der Waals surface area contributed by atoms with Gasteiger partial charge in [-0.3, -0.25) is 0 Å². The van der Waals surface area contributed by atoms with Crippen LogP contribution in [0.15, 0.2) is 0 Å². The predicted molar refractivity (Wildman–Crippen MR) is 76.4 cm³/mol. The molecule has 3 heteroatoms. The molecule has 18 heavy (non-hydrogen) atoms. The van der Waals surface area contributed by atoms with Gasteiger partial charge in [-0.25, -0.2) is 0 Å². The highest BCUT2D eigenvalue weighted by atomic mass is 15.1. The summed E-state index contributed by atoms with van der Waals surface area (Å²) in [5, 5.41) is 12.8. The molecule has 1 aliphatic carbocycles. The van der Waals surface area contributed by atoms with E-state index in [0.717, 1.165) is 26.1 Å². The van der Waals surface area contributed by atoms with Gasteiger partial charge in [-0.2, -0.15) is 5.26 Å². The number of hydrogen-bond donors (Lipinski definition) is 1. The third-order valence-electron chi connectivity index (χ3n) is 4.13. The highest BCUT2D eigenvalue weighted by Crippen LogP contribution is 2.22. The molecule has 104 valence electrons. The third kappa shape index (κ3) is 5.37. The summed E-state index contributed by atoms with van der Waals surface area (Å²) in [6.07, 6.45) is 7.28. The Bertz CT molecular complexity index is 243. The standard InChI is InChI=1S/C15H29N3/c1-3-18(4-2)12-8-11-17-15-10-7-5-6-9-14(15)13-16/h14-15,17H,3-12H2,1-2H3. The molecule has 0 aromatic rings. The van der Waals surface area contributed by atoms with Crippen molar-refractivity contribution in [2.24, 2.45) is 5.92 Å². The Kier molecular flexibility index (Phi) is 8.04. The molecule has 3 nitrogen and oxygen atoms in total. The van der Waals surface area contributed by atoms with Gasteiger partial charge in [0, 0.05) is 6.04 Å². The maximum Gasteiger partial charge on any atom is 0.0672 e. The van der Waals surface area contributed by atoms with E-state index in [-0.39, 0.29) is 5.92 Å². The van der Waals surface area contributed by atoms with E-state index in [2.05, 4.69) is 30.1 Å². The highest BCUT2D eigenvalue weighted by molar-refractivity contribution is 4.93. The second-order valence-corrected chi connectivity index (χ2v) is 5.31. The molecule has 1 N–H and O–H groups in total. The van der Waals surface area contributed by atoms with Crippen LogP contribution in [0.2, 0.25) is 0 Å². The Morgan fingerprint density at radius 2 is 1.89 bits per heavy atom. The van der Waals surface area contributed by atoms with Crippen molar-refractivity contribution in [1.29, 1.82) is 5.26 Å². The molecule has 0 bridgehead atoms. The van der Waals surface area contributed by atoms with Crippen molar-refractivity contribution in [3.63, 3.8) is 0 Å². The van der Waals surface area contributed by atoms with Crippen LogP contribution in [0.4, 0.5) is 0 Å². The van der Waals surface area contributed by atoms with Crippen molar-refractivity contribution in [1.82, 2.24) is 10.2 Å². The average molecular weight is 251 g/mol. The molecule has 0 heterocycles. The Morgan fingerprint density at radius 1 is 1.17 bits per heavy atom. The van der Waals surface area contributed by atoms with Gasteiger partial charge in [-0.15, -0.1) is 0 Å². The molecule has 0 spiro atoms. The monoisotopic (exact) mass is 251 g/mol. The van der Waals surface area contributed by atoms with Crippen LogP contribution >= 0.6 is 0 Å². The second kappa shape index (κ2) is 9.35. The van der Waals surface area contributed by atoms with Gasteiger partial charge in [0.2, 0.25) is 0 Å². The van der Waals surface area contributed by atoms with Crippen molar-refractivity contribution in [3.8, 4) is 6.07 Å². The summed E-state index contributed by atoms with van der Waals surface area (Å²) in [6, 6.07) is 2.93. The molecule has 1 fully saturated rings. The third-order valence-corrected chi connectivity index (χ3v) is 4.13. The summed E-state index contributed by atoms with van der Waals surface area (Å²) in [5.74, 6) is 0.237. The average Bonchev–Trinajstić information content (AvgIpc) is 2.64. The fraction of sp³-hybridized carbons (Fsp3) is 0.933. The lowest BCUT2D eigenvalue weighted by Crippen LogP contribution is -2.37. The molecular weight excluding hydrogens is 222 g/mol. The van der Waals surface area contributed by atoms with Gasteiger partial charge in [-0.1, -0.05) is 33.1 Å². The molecule has 2 unspecified atom stereocenters. The SMILES string of the molecule is CCN(CC)CCCNC1CCCCCC1C#N. The van der Waals surface area contributed by atoms with Gasteiger partial charge < -0.3 is 10.2 Å². The van der Waals surface area contributed by atoms with E-state index in [1.54, 1.807) is 0 Å². The van der Waals surface area contributed by atoms with Crippen LogP contribution in [0, 0.1) is 17.2 Å². The van der Waals surface area contributed by atoms with Crippen LogP contribution < -0.4 is 5.32 Å². The van der Waals surface area contributed by atoms with Crippen LogP contribution in [0.5, 0.6) is 0 Å². The molecule has 0 radical (unpaired) electrons. The first kappa shape index (κ1) is 15.5. The fourth-order valence-electron chi connectivity index (χ4n) is 2.84. The number of nitrogens with one attached hydrogen (secondary N) is 1. The van der Waals surface area contributed by atoms with Gasteiger partial charge in [0.1, 0.15) is 0 Å². The van der Waals surface area contributed by atoms with Gasteiger partial charge >= 0.3 is 0 Å². The van der Waals surface area contributed by atoms with Crippen LogP contribution in [-0.2, 0) is 0 Å². The quantitative estimate of drug-likeness (QED) is 0.558. The first-order valence-corrected chi connectivity index (χ1v) is 7.67. The smallest absolute Gasteiger partial charge is 0.0672 e. The molecule has 1 saturated carbocycles. The summed E-state index contributed by atoms with van der Waals surface area (Å²) < 4.78 is 0. The molecule has 0 saturated heterocycles. The molecule has 0 amide bonds. The van der Waals surface area contributed by atoms with Crippen molar-refractivity contribution in [3.05, 3.63) is 0 Å². The van der Waals surface area contributed by atoms with E-state index in [0.29, 0.717) is 6.04 Å². The minimum absolute atomic E-state index is 0.237. The molecule has 0 aromatic heterocycles. The molecule has 0 aliphatic heterocycles. The predicted octanol–water partition coefficient (Wildman–Crippen LogP) is 2.78. The van der Waals surface area contributed by atoms with Crippen LogP contribution in [-0.4, -0.2) is 37.1 Å². The van der Waals surface area contributed by atoms with Crippen molar-refractivity contribution in [2.45, 2.75) is 58.4 Å². The maximum absolute atomic E-state index is 9.21. The normalized spacial score (nSPS) is 24.8. The van der Waals surface area contributed by atoms with Gasteiger partial charge in [-0.05, 0) is 45.4 Å². The van der Waals surface area contributed by atoms with E-state index < -0.39 is 0 Å². The largest absolute Gasteiger partial charge is 0.313 e. The summed E-state index contributed by atoms with van der Waals surface area (Å²) in [5.41, 5.74) is 0. The molecular formula is C15H29N3. The zero-order valence-corrected chi connectivity index (χ0v) is 12.1. The summed E-state index contributed by atoms with van der Waals surface area (Å²) in [7, 11) is 0. The Balaban J connectivity index is 2.22. The molecule has 0 aromatic carbocycles. The summed E-state index contributed by atoms with van der Waals surface area (Å²) >= 11 is 0. The van der Waals surface area contributed by atoms with Crippen molar-refractivity contribution >= 4 is 0 Å². The zero-order chi connectivity index (χ0) is 13.2. The van der Waals surface area contributed by atoms with Crippen LogP contribution in [0.3, 0.4) is 0 Å². The minimum atomic E-state index is 0.237. The number of nitrogens with zero attached hydrogens (tertiary/aromatic N) is 2. The van der Waals surface area contributed by atoms with E-state index in [1.165, 1.54) is 38.6 Å². The molecule has 1 rings (SSSR count). The first-order valence-electron chi connectivity index (χ1n) is 7.67. The van der Waals surface area contributed by atoms with Crippen LogP contribution in [0.1, 0.15) is 52.4 Å². The fourth-order valence-corrected chi connectivity index (χ4v) is 2.84. The molecule has 2 atom stereocenters. The lowest BCUT2D eigenvalue weighted by molar-refractivity contribution is 0.291. The van der Waals surface area contributed by atoms with Gasteiger partial charge in [0.25, 0.3) is 0 Å². The molecule has 1 aliphatic rings. The van der Waals surface area contributed by atoms with Crippen molar-refractivity contribution < 1.29 is 0 Å². The Labute approximate surface area is 113 Å². The second-order valence-electron chi connectivity index (χ2n) is 5.31. The van der Waals surface area contributed by atoms with E-state index in [4.69, 9.17) is 0 Å². The van der Waals surface area contributed by atoms with Gasteiger partial charge in [0.05, 0.1) is 12.0 Å². The summed E-state index contributed by atoms with van der Waals surface area (Å²) in [4.78, 5) is 2.45. The van der Waals surface area contributed by atoms with E-state index >= 15 is 0 Å². The van der Waals surface area contributed by atoms with Gasteiger partial charge in [0.15, 0.2) is 0 Å². The van der Waals surface area contributed by atoms with E-state index in [1.807, 2.05) is 0 Å². The Morgan fingerprint density at radius 3 is 2.56 bits per heavy atom. The number of rotatable bonds is 7. The minimum Gasteiger partial charge on any atom is -0.313 e.